The van der Waals surface area contributed by atoms with Gasteiger partial charge in [0.25, 0.3) is 0 Å². The van der Waals surface area contributed by atoms with E-state index >= 15 is 0 Å². The third kappa shape index (κ3) is 3.29. The number of benzene rings is 1. The van der Waals surface area contributed by atoms with Gasteiger partial charge in [0.1, 0.15) is 0 Å². The third-order valence-electron chi connectivity index (χ3n) is 4.00. The van der Waals surface area contributed by atoms with E-state index in [1.54, 1.807) is 12.1 Å². The first-order valence-electron chi connectivity index (χ1n) is 6.81. The van der Waals surface area contributed by atoms with Crippen LogP contribution < -0.4 is 5.32 Å². The van der Waals surface area contributed by atoms with Gasteiger partial charge >= 0.3 is 0 Å². The summed E-state index contributed by atoms with van der Waals surface area (Å²) in [6.45, 7) is 0. The number of nitrogens with one attached hydrogen (secondary N) is 1. The fourth-order valence-corrected chi connectivity index (χ4v) is 2.92. The Balaban J connectivity index is 1.98. The highest BCUT2D eigenvalue weighted by molar-refractivity contribution is 5.20. The van der Waals surface area contributed by atoms with Gasteiger partial charge in [-0.2, -0.15) is 0 Å². The van der Waals surface area contributed by atoms with Crippen molar-refractivity contribution >= 4 is 0 Å². The third-order valence-corrected chi connectivity index (χ3v) is 4.00. The molecule has 0 aliphatic heterocycles. The zero-order valence-electron chi connectivity index (χ0n) is 10.9. The van der Waals surface area contributed by atoms with E-state index in [4.69, 9.17) is 0 Å². The molecule has 1 aliphatic rings. The van der Waals surface area contributed by atoms with Crippen LogP contribution in [0.1, 0.15) is 37.7 Å². The molecule has 0 radical (unpaired) electrons. The maximum atomic E-state index is 13.6. The second kappa shape index (κ2) is 6.28. The first kappa shape index (κ1) is 13.5. The number of hydrogen-bond donors (Lipinski definition) is 1. The minimum absolute atomic E-state index is 0.240. The van der Waals surface area contributed by atoms with Gasteiger partial charge in [-0.05, 0) is 37.4 Å². The summed E-state index contributed by atoms with van der Waals surface area (Å²) in [4.78, 5) is 0. The van der Waals surface area contributed by atoms with E-state index in [1.165, 1.54) is 31.7 Å². The molecule has 0 spiro atoms. The van der Waals surface area contributed by atoms with Gasteiger partial charge in [0.15, 0.2) is 11.6 Å². The number of hydrogen-bond acceptors (Lipinski definition) is 1. The molecule has 1 fully saturated rings. The highest BCUT2D eigenvalue weighted by Crippen LogP contribution is 2.29. The van der Waals surface area contributed by atoms with E-state index in [0.717, 1.165) is 12.3 Å². The van der Waals surface area contributed by atoms with Gasteiger partial charge in [0.05, 0.1) is 0 Å². The van der Waals surface area contributed by atoms with E-state index < -0.39 is 11.6 Å². The molecular weight excluding hydrogens is 232 g/mol. The Morgan fingerprint density at radius 2 is 2.00 bits per heavy atom. The second-order valence-electron chi connectivity index (χ2n) is 5.29. The van der Waals surface area contributed by atoms with Crippen molar-refractivity contribution in [2.24, 2.45) is 5.92 Å². The largest absolute Gasteiger partial charge is 0.317 e. The van der Waals surface area contributed by atoms with Crippen molar-refractivity contribution in [2.75, 3.05) is 7.05 Å². The van der Waals surface area contributed by atoms with Crippen molar-refractivity contribution in [3.8, 4) is 0 Å². The Morgan fingerprint density at radius 1 is 1.28 bits per heavy atom. The predicted molar refractivity (Wildman–Crippen MR) is 69.5 cm³/mol. The van der Waals surface area contributed by atoms with Crippen molar-refractivity contribution in [1.82, 2.24) is 5.32 Å². The van der Waals surface area contributed by atoms with Crippen molar-refractivity contribution in [3.63, 3.8) is 0 Å². The lowest BCUT2D eigenvalue weighted by Crippen LogP contribution is -2.30. The van der Waals surface area contributed by atoms with E-state index in [9.17, 15) is 8.78 Å². The minimum atomic E-state index is -0.747. The normalized spacial score (nSPS) is 18.2. The van der Waals surface area contributed by atoms with Crippen LogP contribution in [0.2, 0.25) is 0 Å². The van der Waals surface area contributed by atoms with Crippen LogP contribution in [0.15, 0.2) is 18.2 Å². The van der Waals surface area contributed by atoms with Gasteiger partial charge in [0.2, 0.25) is 0 Å². The van der Waals surface area contributed by atoms with E-state index in [0.29, 0.717) is 12.0 Å². The van der Waals surface area contributed by atoms with Crippen LogP contribution in [-0.4, -0.2) is 13.1 Å². The highest BCUT2D eigenvalue weighted by Gasteiger charge is 2.20. The number of halogens is 2. The Labute approximate surface area is 108 Å². The number of rotatable bonds is 5. The van der Waals surface area contributed by atoms with Crippen molar-refractivity contribution in [2.45, 2.75) is 44.6 Å². The standard InChI is InChI=1S/C15H21F2N/c1-18-13(9-11-5-2-3-6-11)10-12-7-4-8-14(16)15(12)17/h4,7-8,11,13,18H,2-3,5-6,9-10H2,1H3. The summed E-state index contributed by atoms with van der Waals surface area (Å²) in [7, 11) is 1.90. The molecule has 1 aromatic carbocycles. The highest BCUT2D eigenvalue weighted by atomic mass is 19.2. The summed E-state index contributed by atoms with van der Waals surface area (Å²) >= 11 is 0. The molecular formula is C15H21F2N. The van der Waals surface area contributed by atoms with Crippen molar-refractivity contribution in [1.29, 1.82) is 0 Å². The van der Waals surface area contributed by atoms with Crippen LogP contribution >= 0.6 is 0 Å². The summed E-state index contributed by atoms with van der Waals surface area (Å²) in [5.74, 6) is -0.688. The van der Waals surface area contributed by atoms with Crippen LogP contribution in [-0.2, 0) is 6.42 Å². The van der Waals surface area contributed by atoms with Gasteiger partial charge in [-0.3, -0.25) is 0 Å². The molecule has 2 rings (SSSR count). The lowest BCUT2D eigenvalue weighted by molar-refractivity contribution is 0.396. The molecule has 0 amide bonds. The van der Waals surface area contributed by atoms with Gasteiger partial charge in [-0.25, -0.2) is 8.78 Å². The lowest BCUT2D eigenvalue weighted by Gasteiger charge is -2.20. The van der Waals surface area contributed by atoms with Crippen molar-refractivity contribution in [3.05, 3.63) is 35.4 Å². The average molecular weight is 253 g/mol. The molecule has 18 heavy (non-hydrogen) atoms. The Morgan fingerprint density at radius 3 is 2.67 bits per heavy atom. The molecule has 1 nitrogen and oxygen atoms in total. The second-order valence-corrected chi connectivity index (χ2v) is 5.29. The molecule has 0 bridgehead atoms. The maximum Gasteiger partial charge on any atom is 0.162 e. The first-order chi connectivity index (χ1) is 8.70. The first-order valence-corrected chi connectivity index (χ1v) is 6.81. The fourth-order valence-electron chi connectivity index (χ4n) is 2.92. The maximum absolute atomic E-state index is 13.6. The topological polar surface area (TPSA) is 12.0 Å². The zero-order chi connectivity index (χ0) is 13.0. The van der Waals surface area contributed by atoms with E-state index in [2.05, 4.69) is 5.32 Å². The molecule has 0 heterocycles. The smallest absolute Gasteiger partial charge is 0.162 e. The molecule has 3 heteroatoms. The molecule has 0 aromatic heterocycles. The van der Waals surface area contributed by atoms with E-state index in [1.807, 2.05) is 7.05 Å². The lowest BCUT2D eigenvalue weighted by atomic mass is 9.94. The molecule has 1 aliphatic carbocycles. The fraction of sp³-hybridized carbons (Fsp3) is 0.600. The molecule has 1 aromatic rings. The summed E-state index contributed by atoms with van der Waals surface area (Å²) in [5, 5.41) is 3.23. The molecule has 0 saturated heterocycles. The average Bonchev–Trinajstić information content (AvgIpc) is 2.86. The summed E-state index contributed by atoms with van der Waals surface area (Å²) in [6.07, 6.45) is 6.82. The summed E-state index contributed by atoms with van der Waals surface area (Å²) in [5.41, 5.74) is 0.479. The number of likely N-dealkylation sites (N-methyl/N-ethyl adjacent to an activating group) is 1. The van der Waals surface area contributed by atoms with Gasteiger partial charge in [0, 0.05) is 6.04 Å². The summed E-state index contributed by atoms with van der Waals surface area (Å²) in [6, 6.07) is 4.67. The van der Waals surface area contributed by atoms with Crippen LogP contribution in [0.4, 0.5) is 8.78 Å². The SMILES string of the molecule is CNC(Cc1cccc(F)c1F)CC1CCCC1. The van der Waals surface area contributed by atoms with Crippen LogP contribution in [0.25, 0.3) is 0 Å². The van der Waals surface area contributed by atoms with Gasteiger partial charge in [-0.1, -0.05) is 37.8 Å². The molecule has 1 unspecified atom stereocenters. The molecule has 1 saturated carbocycles. The predicted octanol–water partition coefficient (Wildman–Crippen LogP) is 3.68. The quantitative estimate of drug-likeness (QED) is 0.844. The van der Waals surface area contributed by atoms with Crippen molar-refractivity contribution < 1.29 is 8.78 Å². The Hall–Kier alpha value is -0.960. The minimum Gasteiger partial charge on any atom is -0.317 e. The Kier molecular flexibility index (Phi) is 4.70. The van der Waals surface area contributed by atoms with Crippen LogP contribution in [0.5, 0.6) is 0 Å². The van der Waals surface area contributed by atoms with Crippen LogP contribution in [0.3, 0.4) is 0 Å². The molecule has 1 N–H and O–H groups in total. The van der Waals surface area contributed by atoms with Crippen LogP contribution in [0, 0.1) is 17.6 Å². The molecule has 100 valence electrons. The molecule has 1 atom stereocenters. The van der Waals surface area contributed by atoms with Gasteiger partial charge < -0.3 is 5.32 Å². The van der Waals surface area contributed by atoms with E-state index in [-0.39, 0.29) is 6.04 Å². The summed E-state index contributed by atoms with van der Waals surface area (Å²) < 4.78 is 26.8. The van der Waals surface area contributed by atoms with Gasteiger partial charge in [-0.15, -0.1) is 0 Å². The Bertz CT molecular complexity index is 386. The zero-order valence-corrected chi connectivity index (χ0v) is 10.9. The monoisotopic (exact) mass is 253 g/mol.